The first-order valence-corrected chi connectivity index (χ1v) is 6.64. The van der Waals surface area contributed by atoms with Crippen LogP contribution in [0.25, 0.3) is 0 Å². The van der Waals surface area contributed by atoms with E-state index in [1.54, 1.807) is 12.1 Å². The molecule has 19 heavy (non-hydrogen) atoms. The lowest BCUT2D eigenvalue weighted by Gasteiger charge is -2.14. The predicted molar refractivity (Wildman–Crippen MR) is 74.8 cm³/mol. The van der Waals surface area contributed by atoms with Crippen molar-refractivity contribution in [1.29, 1.82) is 0 Å². The van der Waals surface area contributed by atoms with Crippen LogP contribution >= 0.6 is 23.2 Å². The van der Waals surface area contributed by atoms with Gasteiger partial charge >= 0.3 is 0 Å². The second-order valence-corrected chi connectivity index (χ2v) is 5.26. The summed E-state index contributed by atoms with van der Waals surface area (Å²) in [6, 6.07) is 9.14. The fourth-order valence-corrected chi connectivity index (χ4v) is 2.55. The summed E-state index contributed by atoms with van der Waals surface area (Å²) in [6.07, 6.45) is 0.0846. The summed E-state index contributed by atoms with van der Waals surface area (Å²) >= 11 is 12.3. The van der Waals surface area contributed by atoms with Gasteiger partial charge in [-0.25, -0.2) is 8.78 Å². The summed E-state index contributed by atoms with van der Waals surface area (Å²) in [5.41, 5.74) is 1.62. The Morgan fingerprint density at radius 3 is 2.26 bits per heavy atom. The summed E-state index contributed by atoms with van der Waals surface area (Å²) in [5.74, 6) is -1.16. The first-order valence-electron chi connectivity index (χ1n) is 5.82. The van der Waals surface area contributed by atoms with E-state index in [1.165, 1.54) is 18.2 Å². The van der Waals surface area contributed by atoms with Gasteiger partial charge in [0, 0.05) is 10.6 Å². The second kappa shape index (κ2) is 5.89. The first kappa shape index (κ1) is 14.3. The lowest BCUT2D eigenvalue weighted by Crippen LogP contribution is -2.03. The lowest BCUT2D eigenvalue weighted by molar-refractivity contribution is 0.553. The third-order valence-electron chi connectivity index (χ3n) is 3.09. The molecule has 0 bridgehead atoms. The van der Waals surface area contributed by atoms with Gasteiger partial charge in [0.1, 0.15) is 11.6 Å². The maximum atomic E-state index is 13.6. The first-order chi connectivity index (χ1) is 9.00. The van der Waals surface area contributed by atoms with Gasteiger partial charge in [-0.15, -0.1) is 11.6 Å². The highest BCUT2D eigenvalue weighted by Crippen LogP contribution is 2.32. The Hall–Kier alpha value is -1.12. The zero-order valence-electron chi connectivity index (χ0n) is 10.3. The van der Waals surface area contributed by atoms with Crippen LogP contribution in [0.15, 0.2) is 36.4 Å². The van der Waals surface area contributed by atoms with Crippen LogP contribution in [0, 0.1) is 18.6 Å². The Bertz CT molecular complexity index is 576. The summed E-state index contributed by atoms with van der Waals surface area (Å²) in [5, 5.41) is 0.0715. The Labute approximate surface area is 121 Å². The van der Waals surface area contributed by atoms with Gasteiger partial charge in [0.15, 0.2) is 0 Å². The molecular weight excluding hydrogens is 289 g/mol. The Balaban J connectivity index is 2.31. The minimum Gasteiger partial charge on any atom is -0.207 e. The van der Waals surface area contributed by atoms with Gasteiger partial charge in [-0.1, -0.05) is 29.8 Å². The number of hydrogen-bond donors (Lipinski definition) is 0. The normalized spacial score (nSPS) is 12.5. The van der Waals surface area contributed by atoms with Crippen LogP contribution < -0.4 is 0 Å². The van der Waals surface area contributed by atoms with Crippen molar-refractivity contribution in [3.63, 3.8) is 0 Å². The minimum absolute atomic E-state index is 0.00174. The maximum Gasteiger partial charge on any atom is 0.129 e. The third kappa shape index (κ3) is 3.07. The third-order valence-corrected chi connectivity index (χ3v) is 3.89. The standard InChI is InChI=1S/C15H12Cl2F2/c1-9-10(4-2-5-12(9)16)13(17)8-11-14(18)6-3-7-15(11)19/h2-7,13H,8H2,1H3. The fourth-order valence-electron chi connectivity index (χ4n) is 1.98. The van der Waals surface area contributed by atoms with Crippen molar-refractivity contribution in [2.75, 3.05) is 0 Å². The molecule has 0 fully saturated rings. The minimum atomic E-state index is -0.578. The topological polar surface area (TPSA) is 0 Å². The number of hydrogen-bond acceptors (Lipinski definition) is 0. The molecule has 0 nitrogen and oxygen atoms in total. The van der Waals surface area contributed by atoms with Gasteiger partial charge < -0.3 is 0 Å². The van der Waals surface area contributed by atoms with Crippen LogP contribution in [0.1, 0.15) is 22.1 Å². The van der Waals surface area contributed by atoms with Crippen molar-refractivity contribution >= 4 is 23.2 Å². The number of alkyl halides is 1. The average Bonchev–Trinajstić information content (AvgIpc) is 2.37. The fraction of sp³-hybridized carbons (Fsp3) is 0.200. The van der Waals surface area contributed by atoms with Crippen LogP contribution in [-0.4, -0.2) is 0 Å². The highest BCUT2D eigenvalue weighted by atomic mass is 35.5. The molecule has 100 valence electrons. The highest BCUT2D eigenvalue weighted by Gasteiger charge is 2.17. The van der Waals surface area contributed by atoms with Gasteiger partial charge in [0.05, 0.1) is 5.38 Å². The Kier molecular flexibility index (Phi) is 4.43. The Morgan fingerprint density at radius 2 is 1.63 bits per heavy atom. The van der Waals surface area contributed by atoms with Crippen molar-refractivity contribution in [2.24, 2.45) is 0 Å². The number of benzene rings is 2. The molecule has 0 N–H and O–H groups in total. The molecule has 0 heterocycles. The van der Waals surface area contributed by atoms with E-state index in [0.717, 1.165) is 11.1 Å². The SMILES string of the molecule is Cc1c(Cl)cccc1C(Cl)Cc1c(F)cccc1F. The van der Waals surface area contributed by atoms with Gasteiger partial charge in [0.2, 0.25) is 0 Å². The van der Waals surface area contributed by atoms with Crippen molar-refractivity contribution in [1.82, 2.24) is 0 Å². The van der Waals surface area contributed by atoms with Crippen molar-refractivity contribution < 1.29 is 8.78 Å². The van der Waals surface area contributed by atoms with Crippen LogP contribution in [0.2, 0.25) is 5.02 Å². The molecular formula is C15H12Cl2F2. The summed E-state index contributed by atoms with van der Waals surface area (Å²) < 4.78 is 27.2. The maximum absolute atomic E-state index is 13.6. The van der Waals surface area contributed by atoms with E-state index in [4.69, 9.17) is 23.2 Å². The van der Waals surface area contributed by atoms with Gasteiger partial charge in [-0.3, -0.25) is 0 Å². The highest BCUT2D eigenvalue weighted by molar-refractivity contribution is 6.31. The molecule has 1 unspecified atom stereocenters. The monoisotopic (exact) mass is 300 g/mol. The van der Waals surface area contributed by atoms with E-state index in [1.807, 2.05) is 13.0 Å². The molecule has 2 rings (SSSR count). The average molecular weight is 301 g/mol. The van der Waals surface area contributed by atoms with E-state index in [0.29, 0.717) is 5.02 Å². The number of rotatable bonds is 3. The molecule has 0 spiro atoms. The second-order valence-electron chi connectivity index (χ2n) is 4.33. The van der Waals surface area contributed by atoms with E-state index in [9.17, 15) is 8.78 Å². The molecule has 0 aliphatic rings. The predicted octanol–water partition coefficient (Wildman–Crippen LogP) is 5.45. The molecule has 0 saturated carbocycles. The molecule has 0 amide bonds. The van der Waals surface area contributed by atoms with Crippen molar-refractivity contribution in [3.8, 4) is 0 Å². The van der Waals surface area contributed by atoms with Crippen LogP contribution in [0.5, 0.6) is 0 Å². The van der Waals surface area contributed by atoms with Crippen LogP contribution in [0.4, 0.5) is 8.78 Å². The molecule has 0 radical (unpaired) electrons. The molecule has 2 aromatic rings. The van der Waals surface area contributed by atoms with E-state index < -0.39 is 17.0 Å². The van der Waals surface area contributed by atoms with Crippen molar-refractivity contribution in [3.05, 3.63) is 69.7 Å². The smallest absolute Gasteiger partial charge is 0.129 e. The molecule has 0 saturated heterocycles. The van der Waals surface area contributed by atoms with Gasteiger partial charge in [-0.05, 0) is 42.7 Å². The van der Waals surface area contributed by atoms with E-state index in [-0.39, 0.29) is 12.0 Å². The Morgan fingerprint density at radius 1 is 1.05 bits per heavy atom. The molecule has 0 aromatic heterocycles. The molecule has 4 heteroatoms. The lowest BCUT2D eigenvalue weighted by atomic mass is 9.99. The largest absolute Gasteiger partial charge is 0.207 e. The quantitative estimate of drug-likeness (QED) is 0.661. The van der Waals surface area contributed by atoms with Crippen LogP contribution in [0.3, 0.4) is 0 Å². The zero-order valence-corrected chi connectivity index (χ0v) is 11.8. The molecule has 0 aliphatic heterocycles. The van der Waals surface area contributed by atoms with Gasteiger partial charge in [0.25, 0.3) is 0 Å². The number of halogens is 4. The van der Waals surface area contributed by atoms with Crippen LogP contribution in [-0.2, 0) is 6.42 Å². The summed E-state index contributed by atoms with van der Waals surface area (Å²) in [4.78, 5) is 0. The summed E-state index contributed by atoms with van der Waals surface area (Å²) in [6.45, 7) is 1.84. The van der Waals surface area contributed by atoms with E-state index >= 15 is 0 Å². The molecule has 2 aromatic carbocycles. The van der Waals surface area contributed by atoms with Gasteiger partial charge in [-0.2, -0.15) is 0 Å². The molecule has 0 aliphatic carbocycles. The zero-order chi connectivity index (χ0) is 14.0. The summed E-state index contributed by atoms with van der Waals surface area (Å²) in [7, 11) is 0. The molecule has 1 atom stereocenters. The van der Waals surface area contributed by atoms with Crippen molar-refractivity contribution in [2.45, 2.75) is 18.7 Å². The van der Waals surface area contributed by atoms with E-state index in [2.05, 4.69) is 0 Å².